The third-order valence-electron chi connectivity index (χ3n) is 1.06. The van der Waals surface area contributed by atoms with Crippen LogP contribution in [0.3, 0.4) is 0 Å². The monoisotopic (exact) mass is 129 g/mol. The Kier molecular flexibility index (Phi) is 2.95. The van der Waals surface area contributed by atoms with E-state index in [0.717, 1.165) is 0 Å². The molecule has 0 aliphatic rings. The molecule has 0 aromatic heterocycles. The van der Waals surface area contributed by atoms with E-state index in [4.69, 9.17) is 10.8 Å². The average Bonchev–Trinajstić information content (AvgIpc) is 1.64. The number of carbonyl (C=O) groups excluding carboxylic acids is 1. The summed E-state index contributed by atoms with van der Waals surface area (Å²) in [7, 11) is 0. The number of hydrogen-bond donors (Lipinski definition) is 2. The highest BCUT2D eigenvalue weighted by atomic mass is 16.3. The van der Waals surface area contributed by atoms with Crippen LogP contribution in [0, 0.1) is 0 Å². The largest absolute Gasteiger partial charge is 0.402 e. The summed E-state index contributed by atoms with van der Waals surface area (Å²) in [5.74, 6) is -0.169. The van der Waals surface area contributed by atoms with Gasteiger partial charge in [-0.15, -0.1) is 0 Å². The minimum absolute atomic E-state index is 0.169. The number of carbonyl (C=O) groups is 1. The van der Waals surface area contributed by atoms with Crippen molar-refractivity contribution in [1.29, 1.82) is 0 Å². The van der Waals surface area contributed by atoms with Gasteiger partial charge >= 0.3 is 0 Å². The van der Waals surface area contributed by atoms with Crippen LogP contribution >= 0.6 is 0 Å². The van der Waals surface area contributed by atoms with Gasteiger partial charge in [-0.05, 0) is 13.8 Å². The van der Waals surface area contributed by atoms with E-state index in [-0.39, 0.29) is 12.4 Å². The number of allylic oxidation sites excluding steroid dienone is 1. The summed E-state index contributed by atoms with van der Waals surface area (Å²) >= 11 is 0. The normalized spacial score (nSPS) is 12.8. The molecule has 0 atom stereocenters. The van der Waals surface area contributed by atoms with Crippen LogP contribution in [-0.2, 0) is 4.79 Å². The van der Waals surface area contributed by atoms with Crippen molar-refractivity contribution in [3.05, 3.63) is 11.3 Å². The molecule has 0 amide bonds. The molecule has 0 saturated heterocycles. The minimum Gasteiger partial charge on any atom is -0.402 e. The summed E-state index contributed by atoms with van der Waals surface area (Å²) in [6.07, 6.45) is 0. The molecule has 0 unspecified atom stereocenters. The minimum atomic E-state index is -0.266. The molecular formula is C6H11NO2. The van der Waals surface area contributed by atoms with Crippen LogP contribution in [0.1, 0.15) is 13.8 Å². The lowest BCUT2D eigenvalue weighted by Gasteiger charge is -1.98. The number of aliphatic hydroxyl groups excluding tert-OH is 1. The number of ketones is 1. The summed E-state index contributed by atoms with van der Waals surface area (Å²) in [4.78, 5) is 10.5. The first-order chi connectivity index (χ1) is 4.09. The Balaban J connectivity index is 4.35. The summed E-state index contributed by atoms with van der Waals surface area (Å²) < 4.78 is 0. The van der Waals surface area contributed by atoms with Gasteiger partial charge in [0.1, 0.15) is 0 Å². The van der Waals surface area contributed by atoms with E-state index in [1.807, 2.05) is 0 Å². The fourth-order valence-electron chi connectivity index (χ4n) is 0.514. The molecule has 0 fully saturated rings. The quantitative estimate of drug-likeness (QED) is 0.507. The fourth-order valence-corrected chi connectivity index (χ4v) is 0.514. The van der Waals surface area contributed by atoms with Gasteiger partial charge in [0.2, 0.25) is 0 Å². The molecule has 0 saturated carbocycles. The number of nitrogens with two attached hydrogens (primary N) is 1. The van der Waals surface area contributed by atoms with Crippen molar-refractivity contribution in [2.45, 2.75) is 13.8 Å². The van der Waals surface area contributed by atoms with E-state index in [1.165, 1.54) is 6.92 Å². The maximum atomic E-state index is 10.5. The third-order valence-corrected chi connectivity index (χ3v) is 1.06. The molecule has 0 aliphatic carbocycles. The highest BCUT2D eigenvalue weighted by molar-refractivity contribution is 5.94. The topological polar surface area (TPSA) is 63.3 Å². The molecule has 0 aliphatic heterocycles. The molecule has 0 spiro atoms. The van der Waals surface area contributed by atoms with Gasteiger partial charge in [-0.3, -0.25) is 4.79 Å². The third kappa shape index (κ3) is 2.28. The smallest absolute Gasteiger partial charge is 0.159 e. The zero-order valence-corrected chi connectivity index (χ0v) is 5.64. The first kappa shape index (κ1) is 8.17. The first-order valence-electron chi connectivity index (χ1n) is 2.66. The molecule has 0 aromatic carbocycles. The SMILES string of the molecule is CC(=O)C(CO)=C(C)N. The Bertz CT molecular complexity index is 145. The lowest BCUT2D eigenvalue weighted by molar-refractivity contribution is -0.114. The van der Waals surface area contributed by atoms with E-state index < -0.39 is 0 Å². The molecule has 3 N–H and O–H groups in total. The zero-order valence-electron chi connectivity index (χ0n) is 5.64. The predicted octanol–water partition coefficient (Wildman–Crippen LogP) is -0.200. The second kappa shape index (κ2) is 3.25. The van der Waals surface area contributed by atoms with Gasteiger partial charge < -0.3 is 10.8 Å². The Morgan fingerprint density at radius 3 is 2.00 bits per heavy atom. The van der Waals surface area contributed by atoms with Crippen LogP contribution in [0.2, 0.25) is 0 Å². The van der Waals surface area contributed by atoms with Crippen LogP contribution in [0.4, 0.5) is 0 Å². The molecular weight excluding hydrogens is 118 g/mol. The summed E-state index contributed by atoms with van der Waals surface area (Å²) in [5.41, 5.74) is 5.94. The van der Waals surface area contributed by atoms with Crippen molar-refractivity contribution < 1.29 is 9.90 Å². The molecule has 0 bridgehead atoms. The highest BCUT2D eigenvalue weighted by Gasteiger charge is 2.02. The van der Waals surface area contributed by atoms with Crippen LogP contribution in [0.5, 0.6) is 0 Å². The number of aliphatic hydroxyl groups is 1. The molecule has 3 heteroatoms. The standard InChI is InChI=1S/C6H11NO2/c1-4(7)6(3-8)5(2)9/h8H,3,7H2,1-2H3. The molecule has 9 heavy (non-hydrogen) atoms. The van der Waals surface area contributed by atoms with Gasteiger partial charge in [0.05, 0.1) is 6.61 Å². The molecule has 0 aromatic rings. The van der Waals surface area contributed by atoms with Gasteiger partial charge in [-0.2, -0.15) is 0 Å². The van der Waals surface area contributed by atoms with Gasteiger partial charge in [0.25, 0.3) is 0 Å². The number of hydrogen-bond acceptors (Lipinski definition) is 3. The van der Waals surface area contributed by atoms with Crippen LogP contribution in [0.25, 0.3) is 0 Å². The van der Waals surface area contributed by atoms with Crippen molar-refractivity contribution in [1.82, 2.24) is 0 Å². The predicted molar refractivity (Wildman–Crippen MR) is 34.7 cm³/mol. The average molecular weight is 129 g/mol. The van der Waals surface area contributed by atoms with Crippen molar-refractivity contribution in [2.24, 2.45) is 5.73 Å². The maximum Gasteiger partial charge on any atom is 0.159 e. The number of rotatable bonds is 2. The van der Waals surface area contributed by atoms with E-state index >= 15 is 0 Å². The lowest BCUT2D eigenvalue weighted by atomic mass is 10.1. The molecule has 0 radical (unpaired) electrons. The van der Waals surface area contributed by atoms with Crippen molar-refractivity contribution in [3.8, 4) is 0 Å². The van der Waals surface area contributed by atoms with Gasteiger partial charge in [-0.25, -0.2) is 0 Å². The summed E-state index contributed by atoms with van der Waals surface area (Å²) in [6, 6.07) is 0. The zero-order chi connectivity index (χ0) is 7.44. The number of Topliss-reactive ketones (excluding diaryl/α,β-unsaturated/α-hetero) is 1. The second-order valence-electron chi connectivity index (χ2n) is 1.88. The molecule has 3 nitrogen and oxygen atoms in total. The Labute approximate surface area is 54.2 Å². The molecule has 0 heterocycles. The van der Waals surface area contributed by atoms with Gasteiger partial charge in [0.15, 0.2) is 5.78 Å². The molecule has 52 valence electrons. The van der Waals surface area contributed by atoms with E-state index in [1.54, 1.807) is 6.92 Å². The summed E-state index contributed by atoms with van der Waals surface area (Å²) in [5, 5.41) is 8.51. The van der Waals surface area contributed by atoms with Crippen molar-refractivity contribution >= 4 is 5.78 Å². The maximum absolute atomic E-state index is 10.5. The highest BCUT2D eigenvalue weighted by Crippen LogP contribution is 1.97. The second-order valence-corrected chi connectivity index (χ2v) is 1.88. The van der Waals surface area contributed by atoms with Crippen molar-refractivity contribution in [3.63, 3.8) is 0 Å². The van der Waals surface area contributed by atoms with Gasteiger partial charge in [-0.1, -0.05) is 0 Å². The van der Waals surface area contributed by atoms with Gasteiger partial charge in [0, 0.05) is 11.3 Å². The summed E-state index contributed by atoms with van der Waals surface area (Å²) in [6.45, 7) is 2.70. The van der Waals surface area contributed by atoms with Crippen molar-refractivity contribution in [2.75, 3.05) is 6.61 Å². The van der Waals surface area contributed by atoms with Crippen LogP contribution < -0.4 is 5.73 Å². The first-order valence-corrected chi connectivity index (χ1v) is 2.66. The fraction of sp³-hybridized carbons (Fsp3) is 0.500. The Morgan fingerprint density at radius 2 is 2.00 bits per heavy atom. The van der Waals surface area contributed by atoms with E-state index in [9.17, 15) is 4.79 Å². The van der Waals surface area contributed by atoms with Crippen LogP contribution in [0.15, 0.2) is 11.3 Å². The van der Waals surface area contributed by atoms with E-state index in [0.29, 0.717) is 11.3 Å². The van der Waals surface area contributed by atoms with E-state index in [2.05, 4.69) is 0 Å². The van der Waals surface area contributed by atoms with Crippen LogP contribution in [-0.4, -0.2) is 17.5 Å². The Morgan fingerprint density at radius 1 is 1.56 bits per heavy atom. The lowest BCUT2D eigenvalue weighted by Crippen LogP contribution is -2.09. The molecule has 0 rings (SSSR count). The Hall–Kier alpha value is -0.830.